The van der Waals surface area contributed by atoms with Gasteiger partial charge in [0.25, 0.3) is 0 Å². The first-order valence-electron chi connectivity index (χ1n) is 7.55. The molecule has 0 bridgehead atoms. The largest absolute Gasteiger partial charge is 0.493 e. The van der Waals surface area contributed by atoms with Crippen LogP contribution in [0.5, 0.6) is 17.2 Å². The number of halogens is 1. The molecule has 5 heteroatoms. The summed E-state index contributed by atoms with van der Waals surface area (Å²) in [6.07, 6.45) is 0.941. The van der Waals surface area contributed by atoms with Gasteiger partial charge in [-0.05, 0) is 24.1 Å². The lowest BCUT2D eigenvalue weighted by atomic mass is 10.0. The third kappa shape index (κ3) is 3.54. The van der Waals surface area contributed by atoms with Crippen LogP contribution in [0.3, 0.4) is 0 Å². The van der Waals surface area contributed by atoms with Crippen molar-refractivity contribution in [1.82, 2.24) is 5.32 Å². The van der Waals surface area contributed by atoms with Crippen molar-refractivity contribution >= 4 is 11.6 Å². The molecule has 122 valence electrons. The van der Waals surface area contributed by atoms with Crippen molar-refractivity contribution in [2.75, 3.05) is 20.8 Å². The average molecular weight is 334 g/mol. The summed E-state index contributed by atoms with van der Waals surface area (Å²) in [7, 11) is 3.24. The molecule has 0 saturated heterocycles. The van der Waals surface area contributed by atoms with E-state index >= 15 is 0 Å². The van der Waals surface area contributed by atoms with Crippen LogP contribution < -0.4 is 19.5 Å². The molecule has 3 rings (SSSR count). The number of para-hydroxylation sites is 1. The van der Waals surface area contributed by atoms with Gasteiger partial charge in [-0.3, -0.25) is 0 Å². The third-order valence-corrected chi connectivity index (χ3v) is 4.20. The summed E-state index contributed by atoms with van der Waals surface area (Å²) in [6, 6.07) is 12.0. The van der Waals surface area contributed by atoms with Crippen molar-refractivity contribution in [3.8, 4) is 17.2 Å². The number of benzene rings is 2. The molecule has 0 aliphatic carbocycles. The molecule has 2 aromatic carbocycles. The smallest absolute Gasteiger partial charge is 0.165 e. The molecule has 0 aromatic heterocycles. The lowest BCUT2D eigenvalue weighted by Gasteiger charge is -2.26. The van der Waals surface area contributed by atoms with Crippen molar-refractivity contribution in [2.45, 2.75) is 19.0 Å². The lowest BCUT2D eigenvalue weighted by Crippen LogP contribution is -2.38. The standard InChI is InChI=1S/C18H20ClNO3/c1-21-17-9-14(19)7-13(18(17)22-2)10-20-15-8-12-5-3-4-6-16(12)23-11-15/h3-7,9,15,20H,8,10-11H2,1-2H3/t15-/m1/s1. The summed E-state index contributed by atoms with van der Waals surface area (Å²) in [5.41, 5.74) is 2.20. The van der Waals surface area contributed by atoms with Gasteiger partial charge in [-0.15, -0.1) is 0 Å². The fourth-order valence-corrected chi connectivity index (χ4v) is 3.08. The highest BCUT2D eigenvalue weighted by Crippen LogP contribution is 2.34. The van der Waals surface area contributed by atoms with Crippen LogP contribution >= 0.6 is 11.6 Å². The molecule has 0 radical (unpaired) electrons. The third-order valence-electron chi connectivity index (χ3n) is 3.98. The summed E-state index contributed by atoms with van der Waals surface area (Å²) in [5.74, 6) is 2.33. The topological polar surface area (TPSA) is 39.7 Å². The molecular formula is C18H20ClNO3. The molecule has 0 spiro atoms. The average Bonchev–Trinajstić information content (AvgIpc) is 2.59. The maximum Gasteiger partial charge on any atom is 0.165 e. The van der Waals surface area contributed by atoms with Crippen LogP contribution in [0, 0.1) is 0 Å². The van der Waals surface area contributed by atoms with Gasteiger partial charge in [-0.25, -0.2) is 0 Å². The molecule has 0 saturated carbocycles. The lowest BCUT2D eigenvalue weighted by molar-refractivity contribution is 0.237. The highest BCUT2D eigenvalue weighted by molar-refractivity contribution is 6.30. The van der Waals surface area contributed by atoms with E-state index in [4.69, 9.17) is 25.8 Å². The van der Waals surface area contributed by atoms with Gasteiger partial charge in [0.1, 0.15) is 12.4 Å². The van der Waals surface area contributed by atoms with Gasteiger partial charge in [-0.1, -0.05) is 29.8 Å². The minimum Gasteiger partial charge on any atom is -0.493 e. The number of hydrogen-bond acceptors (Lipinski definition) is 4. The maximum atomic E-state index is 6.16. The number of ether oxygens (including phenoxy) is 3. The van der Waals surface area contributed by atoms with E-state index in [0.29, 0.717) is 29.7 Å². The molecule has 0 unspecified atom stereocenters. The van der Waals surface area contributed by atoms with Gasteiger partial charge >= 0.3 is 0 Å². The van der Waals surface area contributed by atoms with Crippen molar-refractivity contribution < 1.29 is 14.2 Å². The first-order chi connectivity index (χ1) is 11.2. The fraction of sp³-hybridized carbons (Fsp3) is 0.333. The Hall–Kier alpha value is -1.91. The van der Waals surface area contributed by atoms with E-state index in [1.54, 1.807) is 20.3 Å². The Morgan fingerprint density at radius 3 is 2.83 bits per heavy atom. The van der Waals surface area contributed by atoms with Crippen LogP contribution in [0.15, 0.2) is 36.4 Å². The van der Waals surface area contributed by atoms with E-state index < -0.39 is 0 Å². The van der Waals surface area contributed by atoms with Gasteiger partial charge in [0.15, 0.2) is 11.5 Å². The Bertz CT molecular complexity index is 690. The van der Waals surface area contributed by atoms with Crippen molar-refractivity contribution in [3.63, 3.8) is 0 Å². The number of methoxy groups -OCH3 is 2. The molecular weight excluding hydrogens is 314 g/mol. The number of rotatable bonds is 5. The molecule has 2 aromatic rings. The van der Waals surface area contributed by atoms with Gasteiger partial charge in [0, 0.05) is 29.2 Å². The van der Waals surface area contributed by atoms with E-state index in [9.17, 15) is 0 Å². The second-order valence-corrected chi connectivity index (χ2v) is 5.94. The second kappa shape index (κ2) is 7.11. The van der Waals surface area contributed by atoms with Gasteiger partial charge < -0.3 is 19.5 Å². The molecule has 0 fully saturated rings. The number of fused-ring (bicyclic) bond motifs is 1. The van der Waals surface area contributed by atoms with Crippen LogP contribution in [-0.4, -0.2) is 26.9 Å². The molecule has 4 nitrogen and oxygen atoms in total. The van der Waals surface area contributed by atoms with Crippen molar-refractivity contribution in [2.24, 2.45) is 0 Å². The van der Waals surface area contributed by atoms with Crippen LogP contribution in [0.25, 0.3) is 0 Å². The summed E-state index contributed by atoms with van der Waals surface area (Å²) in [5, 5.41) is 4.14. The van der Waals surface area contributed by atoms with E-state index in [2.05, 4.69) is 11.4 Å². The number of hydrogen-bond donors (Lipinski definition) is 1. The zero-order valence-corrected chi connectivity index (χ0v) is 14.0. The molecule has 1 aliphatic rings. The van der Waals surface area contributed by atoms with Crippen LogP contribution in [0.2, 0.25) is 5.02 Å². The Kier molecular flexibility index (Phi) is 4.94. The highest BCUT2D eigenvalue weighted by atomic mass is 35.5. The number of nitrogens with one attached hydrogen (secondary N) is 1. The highest BCUT2D eigenvalue weighted by Gasteiger charge is 2.20. The quantitative estimate of drug-likeness (QED) is 0.909. The molecule has 0 amide bonds. The monoisotopic (exact) mass is 333 g/mol. The van der Waals surface area contributed by atoms with Crippen molar-refractivity contribution in [1.29, 1.82) is 0 Å². The minimum absolute atomic E-state index is 0.250. The molecule has 23 heavy (non-hydrogen) atoms. The summed E-state index contributed by atoms with van der Waals surface area (Å²) < 4.78 is 16.6. The molecule has 1 atom stereocenters. The van der Waals surface area contributed by atoms with Gasteiger partial charge in [0.05, 0.1) is 14.2 Å². The second-order valence-electron chi connectivity index (χ2n) is 5.50. The fourth-order valence-electron chi connectivity index (χ4n) is 2.85. The summed E-state index contributed by atoms with van der Waals surface area (Å²) in [4.78, 5) is 0. The van der Waals surface area contributed by atoms with E-state index in [-0.39, 0.29) is 6.04 Å². The molecule has 1 heterocycles. The zero-order chi connectivity index (χ0) is 16.2. The van der Waals surface area contributed by atoms with Gasteiger partial charge in [0.2, 0.25) is 0 Å². The molecule has 1 aliphatic heterocycles. The zero-order valence-electron chi connectivity index (χ0n) is 13.3. The summed E-state index contributed by atoms with van der Waals surface area (Å²) in [6.45, 7) is 1.29. The van der Waals surface area contributed by atoms with E-state index in [0.717, 1.165) is 17.7 Å². The minimum atomic E-state index is 0.250. The van der Waals surface area contributed by atoms with E-state index in [1.807, 2.05) is 24.3 Å². The van der Waals surface area contributed by atoms with Crippen LogP contribution in [0.1, 0.15) is 11.1 Å². The SMILES string of the molecule is COc1cc(Cl)cc(CN[C@H]2COc3ccccc3C2)c1OC. The Balaban J connectivity index is 1.71. The molecule has 1 N–H and O–H groups in total. The Labute approximate surface area is 141 Å². The summed E-state index contributed by atoms with van der Waals surface area (Å²) >= 11 is 6.16. The van der Waals surface area contributed by atoms with Crippen LogP contribution in [-0.2, 0) is 13.0 Å². The Morgan fingerprint density at radius 2 is 2.04 bits per heavy atom. The van der Waals surface area contributed by atoms with Crippen molar-refractivity contribution in [3.05, 3.63) is 52.5 Å². The predicted octanol–water partition coefficient (Wildman–Crippen LogP) is 3.45. The van der Waals surface area contributed by atoms with E-state index in [1.165, 1.54) is 5.56 Å². The van der Waals surface area contributed by atoms with Gasteiger partial charge in [-0.2, -0.15) is 0 Å². The normalized spacial score (nSPS) is 16.4. The Morgan fingerprint density at radius 1 is 1.22 bits per heavy atom. The first-order valence-corrected chi connectivity index (χ1v) is 7.93. The first kappa shape index (κ1) is 16.0. The maximum absolute atomic E-state index is 6.16. The predicted molar refractivity (Wildman–Crippen MR) is 90.8 cm³/mol. The van der Waals surface area contributed by atoms with Crippen LogP contribution in [0.4, 0.5) is 0 Å².